The molecule has 1 aromatic rings. The van der Waals surface area contributed by atoms with E-state index in [0.717, 1.165) is 11.7 Å². The zero-order valence-electron chi connectivity index (χ0n) is 8.02. The van der Waals surface area contributed by atoms with Gasteiger partial charge in [-0.3, -0.25) is 0 Å². The summed E-state index contributed by atoms with van der Waals surface area (Å²) in [7, 11) is 0. The SMILES string of the molecule is Cc1nc2c([nH]1)CC(C)CC2C. The summed E-state index contributed by atoms with van der Waals surface area (Å²) in [5.41, 5.74) is 2.68. The van der Waals surface area contributed by atoms with Crippen molar-refractivity contribution in [1.82, 2.24) is 9.97 Å². The highest BCUT2D eigenvalue weighted by atomic mass is 14.9. The van der Waals surface area contributed by atoms with Gasteiger partial charge in [0.15, 0.2) is 0 Å². The molecule has 2 unspecified atom stereocenters. The zero-order chi connectivity index (χ0) is 8.72. The molecular weight excluding hydrogens is 148 g/mol. The summed E-state index contributed by atoms with van der Waals surface area (Å²) < 4.78 is 0. The standard InChI is InChI=1S/C10H16N2/c1-6-4-7(2)10-9(5-6)11-8(3)12-10/h6-7H,4-5H2,1-3H3,(H,11,12). The summed E-state index contributed by atoms with van der Waals surface area (Å²) in [5, 5.41) is 0. The van der Waals surface area contributed by atoms with E-state index in [0.29, 0.717) is 5.92 Å². The third-order valence-corrected chi connectivity index (χ3v) is 2.70. The topological polar surface area (TPSA) is 28.7 Å². The number of hydrogen-bond acceptors (Lipinski definition) is 1. The van der Waals surface area contributed by atoms with E-state index in [4.69, 9.17) is 0 Å². The molecule has 2 nitrogen and oxygen atoms in total. The molecule has 2 atom stereocenters. The first-order valence-electron chi connectivity index (χ1n) is 4.72. The number of rotatable bonds is 0. The van der Waals surface area contributed by atoms with Crippen molar-refractivity contribution in [2.45, 2.75) is 39.5 Å². The van der Waals surface area contributed by atoms with Crippen LogP contribution in [0.2, 0.25) is 0 Å². The number of H-pyrrole nitrogens is 1. The molecule has 1 aromatic heterocycles. The average molecular weight is 164 g/mol. The minimum absolute atomic E-state index is 0.647. The minimum Gasteiger partial charge on any atom is -0.346 e. The molecule has 0 aliphatic heterocycles. The number of imidazole rings is 1. The van der Waals surface area contributed by atoms with Gasteiger partial charge in [0, 0.05) is 11.6 Å². The van der Waals surface area contributed by atoms with Crippen LogP contribution in [0.5, 0.6) is 0 Å². The molecule has 0 saturated carbocycles. The second-order valence-corrected chi connectivity index (χ2v) is 4.13. The summed E-state index contributed by atoms with van der Waals surface area (Å²) in [6.07, 6.45) is 2.47. The maximum atomic E-state index is 4.51. The van der Waals surface area contributed by atoms with E-state index in [1.807, 2.05) is 6.92 Å². The lowest BCUT2D eigenvalue weighted by Gasteiger charge is -2.22. The largest absolute Gasteiger partial charge is 0.346 e. The molecule has 0 bridgehead atoms. The van der Waals surface area contributed by atoms with Gasteiger partial charge in [0.1, 0.15) is 5.82 Å². The Balaban J connectivity index is 2.40. The van der Waals surface area contributed by atoms with Crippen LogP contribution in [0.25, 0.3) is 0 Å². The number of nitrogens with one attached hydrogen (secondary N) is 1. The summed E-state index contributed by atoms with van der Waals surface area (Å²) in [6.45, 7) is 6.63. The van der Waals surface area contributed by atoms with Gasteiger partial charge < -0.3 is 4.98 Å². The first-order chi connectivity index (χ1) is 5.66. The van der Waals surface area contributed by atoms with Gasteiger partial charge in [-0.25, -0.2) is 4.98 Å². The van der Waals surface area contributed by atoms with Crippen LogP contribution >= 0.6 is 0 Å². The lowest BCUT2D eigenvalue weighted by atomic mass is 9.84. The Labute approximate surface area is 73.4 Å². The first kappa shape index (κ1) is 7.84. The van der Waals surface area contributed by atoms with Gasteiger partial charge in [-0.1, -0.05) is 13.8 Å². The Hall–Kier alpha value is -0.790. The minimum atomic E-state index is 0.647. The van der Waals surface area contributed by atoms with E-state index in [9.17, 15) is 0 Å². The van der Waals surface area contributed by atoms with E-state index in [1.54, 1.807) is 0 Å². The molecule has 0 spiro atoms. The maximum absolute atomic E-state index is 4.51. The third-order valence-electron chi connectivity index (χ3n) is 2.70. The highest BCUT2D eigenvalue weighted by Crippen LogP contribution is 2.32. The molecule has 1 N–H and O–H groups in total. The molecule has 1 heterocycles. The van der Waals surface area contributed by atoms with Gasteiger partial charge in [0.2, 0.25) is 0 Å². The van der Waals surface area contributed by atoms with Crippen molar-refractivity contribution in [2.75, 3.05) is 0 Å². The van der Waals surface area contributed by atoms with Gasteiger partial charge in [-0.2, -0.15) is 0 Å². The van der Waals surface area contributed by atoms with Crippen LogP contribution in [0, 0.1) is 12.8 Å². The van der Waals surface area contributed by atoms with Gasteiger partial charge in [-0.15, -0.1) is 0 Å². The van der Waals surface area contributed by atoms with E-state index in [1.165, 1.54) is 24.2 Å². The average Bonchev–Trinajstić information content (AvgIpc) is 2.29. The van der Waals surface area contributed by atoms with E-state index < -0.39 is 0 Å². The predicted molar refractivity (Wildman–Crippen MR) is 49.2 cm³/mol. The molecule has 0 amide bonds. The molecule has 66 valence electrons. The van der Waals surface area contributed by atoms with Crippen molar-refractivity contribution < 1.29 is 0 Å². The molecule has 2 rings (SSSR count). The Morgan fingerprint density at radius 2 is 2.17 bits per heavy atom. The van der Waals surface area contributed by atoms with Crippen molar-refractivity contribution in [3.8, 4) is 0 Å². The van der Waals surface area contributed by atoms with Crippen molar-refractivity contribution in [1.29, 1.82) is 0 Å². The summed E-state index contributed by atoms with van der Waals surface area (Å²) in [5.74, 6) is 2.53. The smallest absolute Gasteiger partial charge is 0.103 e. The molecule has 0 aromatic carbocycles. The highest BCUT2D eigenvalue weighted by molar-refractivity contribution is 5.21. The lowest BCUT2D eigenvalue weighted by Crippen LogP contribution is -2.14. The van der Waals surface area contributed by atoms with E-state index in [-0.39, 0.29) is 0 Å². The quantitative estimate of drug-likeness (QED) is 0.626. The van der Waals surface area contributed by atoms with Crippen LogP contribution in [0.1, 0.15) is 43.4 Å². The van der Waals surface area contributed by atoms with Gasteiger partial charge in [-0.05, 0) is 25.7 Å². The molecule has 1 aliphatic rings. The Morgan fingerprint density at radius 1 is 1.42 bits per heavy atom. The number of hydrogen-bond donors (Lipinski definition) is 1. The van der Waals surface area contributed by atoms with Gasteiger partial charge in [0.25, 0.3) is 0 Å². The fraction of sp³-hybridized carbons (Fsp3) is 0.700. The van der Waals surface area contributed by atoms with Crippen LogP contribution in [-0.2, 0) is 6.42 Å². The molecule has 0 saturated heterocycles. The first-order valence-corrected chi connectivity index (χ1v) is 4.72. The van der Waals surface area contributed by atoms with Crippen LogP contribution < -0.4 is 0 Å². The number of aryl methyl sites for hydroxylation is 1. The van der Waals surface area contributed by atoms with E-state index >= 15 is 0 Å². The monoisotopic (exact) mass is 164 g/mol. The number of aromatic nitrogens is 2. The summed E-state index contributed by atoms with van der Waals surface area (Å²) in [4.78, 5) is 7.86. The van der Waals surface area contributed by atoms with Crippen molar-refractivity contribution in [3.05, 3.63) is 17.2 Å². The summed E-state index contributed by atoms with van der Waals surface area (Å²) in [6, 6.07) is 0. The zero-order valence-corrected chi connectivity index (χ0v) is 8.02. The number of nitrogens with zero attached hydrogens (tertiary/aromatic N) is 1. The van der Waals surface area contributed by atoms with Crippen LogP contribution in [0.3, 0.4) is 0 Å². The maximum Gasteiger partial charge on any atom is 0.103 e. The Bertz CT molecular complexity index is 288. The summed E-state index contributed by atoms with van der Waals surface area (Å²) >= 11 is 0. The molecular formula is C10H16N2. The third kappa shape index (κ3) is 1.15. The van der Waals surface area contributed by atoms with Crippen molar-refractivity contribution in [3.63, 3.8) is 0 Å². The number of fused-ring (bicyclic) bond motifs is 1. The normalized spacial score (nSPS) is 28.6. The fourth-order valence-corrected chi connectivity index (χ4v) is 2.27. The molecule has 0 radical (unpaired) electrons. The van der Waals surface area contributed by atoms with E-state index in [2.05, 4.69) is 23.8 Å². The molecule has 1 aliphatic carbocycles. The molecule has 2 heteroatoms. The fourth-order valence-electron chi connectivity index (χ4n) is 2.27. The van der Waals surface area contributed by atoms with Crippen LogP contribution in [0.4, 0.5) is 0 Å². The lowest BCUT2D eigenvalue weighted by molar-refractivity contribution is 0.440. The molecule has 0 fully saturated rings. The molecule has 12 heavy (non-hydrogen) atoms. The Morgan fingerprint density at radius 3 is 2.92 bits per heavy atom. The second kappa shape index (κ2) is 2.61. The number of aromatic amines is 1. The van der Waals surface area contributed by atoms with Gasteiger partial charge >= 0.3 is 0 Å². The highest BCUT2D eigenvalue weighted by Gasteiger charge is 2.24. The van der Waals surface area contributed by atoms with Gasteiger partial charge in [0.05, 0.1) is 5.69 Å². The van der Waals surface area contributed by atoms with Crippen molar-refractivity contribution >= 4 is 0 Å². The second-order valence-electron chi connectivity index (χ2n) is 4.13. The predicted octanol–water partition coefficient (Wildman–Crippen LogP) is 2.40. The van der Waals surface area contributed by atoms with Crippen molar-refractivity contribution in [2.24, 2.45) is 5.92 Å². The van der Waals surface area contributed by atoms with Crippen LogP contribution in [0.15, 0.2) is 0 Å². The Kier molecular flexibility index (Phi) is 1.71. The van der Waals surface area contributed by atoms with Crippen LogP contribution in [-0.4, -0.2) is 9.97 Å².